The van der Waals surface area contributed by atoms with Crippen molar-refractivity contribution >= 4 is 17.6 Å². The molecule has 2 aromatic carbocycles. The molecule has 1 amide bonds. The second-order valence-electron chi connectivity index (χ2n) is 6.10. The topological polar surface area (TPSA) is 55.4 Å². The van der Waals surface area contributed by atoms with E-state index in [1.54, 1.807) is 24.3 Å². The van der Waals surface area contributed by atoms with Crippen LogP contribution < -0.4 is 5.32 Å². The Kier molecular flexibility index (Phi) is 7.20. The summed E-state index contributed by atoms with van der Waals surface area (Å²) in [6, 6.07) is 15.0. The number of carbonyl (C=O) groups is 2. The van der Waals surface area contributed by atoms with E-state index in [0.29, 0.717) is 30.7 Å². The number of hydrogen-bond acceptors (Lipinski definition) is 3. The summed E-state index contributed by atoms with van der Waals surface area (Å²) >= 11 is 0. The number of benzene rings is 2. The molecule has 0 aromatic heterocycles. The van der Waals surface area contributed by atoms with Crippen molar-refractivity contribution in [1.29, 1.82) is 0 Å². The molecule has 0 spiro atoms. The summed E-state index contributed by atoms with van der Waals surface area (Å²) < 4.78 is 5.19. The molecule has 0 unspecified atom stereocenters. The molecule has 0 heterocycles. The highest BCUT2D eigenvalue weighted by molar-refractivity contribution is 5.94. The summed E-state index contributed by atoms with van der Waals surface area (Å²) in [6.45, 7) is 4.50. The summed E-state index contributed by atoms with van der Waals surface area (Å²) in [6.07, 6.45) is 2.91. The number of unbranched alkanes of at least 4 members (excludes halogenated alkanes) is 1. The Morgan fingerprint density at radius 1 is 1.08 bits per heavy atom. The summed E-state index contributed by atoms with van der Waals surface area (Å²) in [7, 11) is 0. The number of ether oxygens (including phenoxy) is 1. The Bertz CT molecular complexity index is 707. The minimum absolute atomic E-state index is 0.0722. The van der Waals surface area contributed by atoms with Crippen LogP contribution in [-0.2, 0) is 16.0 Å². The molecule has 132 valence electrons. The van der Waals surface area contributed by atoms with Crippen LogP contribution in [-0.4, -0.2) is 18.5 Å². The molecule has 2 rings (SSSR count). The van der Waals surface area contributed by atoms with Gasteiger partial charge in [-0.1, -0.05) is 49.2 Å². The fourth-order valence-corrected chi connectivity index (χ4v) is 2.35. The number of amides is 1. The van der Waals surface area contributed by atoms with Crippen LogP contribution in [0.1, 0.15) is 47.7 Å². The van der Waals surface area contributed by atoms with Crippen LogP contribution in [0, 0.1) is 6.92 Å². The highest BCUT2D eigenvalue weighted by atomic mass is 16.5. The zero-order valence-corrected chi connectivity index (χ0v) is 14.9. The van der Waals surface area contributed by atoms with E-state index in [9.17, 15) is 9.59 Å². The van der Waals surface area contributed by atoms with E-state index in [1.165, 1.54) is 5.56 Å². The van der Waals surface area contributed by atoms with Crippen molar-refractivity contribution in [3.05, 3.63) is 65.2 Å². The fraction of sp³-hybridized carbons (Fsp3) is 0.333. The van der Waals surface area contributed by atoms with Crippen molar-refractivity contribution in [2.75, 3.05) is 11.9 Å². The Morgan fingerprint density at radius 2 is 1.84 bits per heavy atom. The smallest absolute Gasteiger partial charge is 0.338 e. The van der Waals surface area contributed by atoms with Crippen LogP contribution in [0.5, 0.6) is 0 Å². The second-order valence-corrected chi connectivity index (χ2v) is 6.10. The summed E-state index contributed by atoms with van der Waals surface area (Å²) in [5, 5.41) is 2.84. The Labute approximate surface area is 149 Å². The van der Waals surface area contributed by atoms with Gasteiger partial charge in [0.1, 0.15) is 0 Å². The van der Waals surface area contributed by atoms with Crippen LogP contribution in [0.25, 0.3) is 0 Å². The molecule has 1 N–H and O–H groups in total. The molecule has 0 bridgehead atoms. The lowest BCUT2D eigenvalue weighted by Gasteiger charge is -2.08. The third-order valence-corrected chi connectivity index (χ3v) is 3.87. The Balaban J connectivity index is 1.86. The molecule has 0 aliphatic heterocycles. The third kappa shape index (κ3) is 6.42. The van der Waals surface area contributed by atoms with Gasteiger partial charge in [0.05, 0.1) is 12.2 Å². The number of nitrogens with one attached hydrogen (secondary N) is 1. The quantitative estimate of drug-likeness (QED) is 0.568. The molecule has 0 saturated carbocycles. The van der Waals surface area contributed by atoms with Gasteiger partial charge in [0.25, 0.3) is 0 Å². The van der Waals surface area contributed by atoms with Crippen molar-refractivity contribution in [2.24, 2.45) is 0 Å². The first kappa shape index (κ1) is 18.7. The lowest BCUT2D eigenvalue weighted by molar-refractivity contribution is -0.116. The lowest BCUT2D eigenvalue weighted by atomic mass is 10.1. The first-order valence-corrected chi connectivity index (χ1v) is 8.71. The zero-order chi connectivity index (χ0) is 18.1. The number of anilines is 1. The molecule has 4 nitrogen and oxygen atoms in total. The van der Waals surface area contributed by atoms with E-state index in [0.717, 1.165) is 18.4 Å². The SMILES string of the molecule is CCCCOC(=O)c1cccc(NC(=O)CCc2ccc(C)cc2)c1. The standard InChI is InChI=1S/C21H25NO3/c1-3-4-14-25-21(24)18-6-5-7-19(15-18)22-20(23)13-12-17-10-8-16(2)9-11-17/h5-11,15H,3-4,12-14H2,1-2H3,(H,22,23). The Hall–Kier alpha value is -2.62. The zero-order valence-electron chi connectivity index (χ0n) is 14.9. The second kappa shape index (κ2) is 9.62. The number of rotatable bonds is 8. The summed E-state index contributed by atoms with van der Waals surface area (Å²) in [5.41, 5.74) is 3.40. The third-order valence-electron chi connectivity index (χ3n) is 3.87. The van der Waals surface area contributed by atoms with Gasteiger partial charge in [-0.25, -0.2) is 4.79 Å². The number of hydrogen-bond donors (Lipinski definition) is 1. The molecule has 0 saturated heterocycles. The average molecular weight is 339 g/mol. The van der Waals surface area contributed by atoms with E-state index in [1.807, 2.05) is 38.1 Å². The van der Waals surface area contributed by atoms with Gasteiger partial charge in [-0.2, -0.15) is 0 Å². The van der Waals surface area contributed by atoms with Gasteiger partial charge in [-0.05, 0) is 43.5 Å². The largest absolute Gasteiger partial charge is 0.462 e. The van der Waals surface area contributed by atoms with Crippen LogP contribution in [0.15, 0.2) is 48.5 Å². The van der Waals surface area contributed by atoms with Gasteiger partial charge in [0.15, 0.2) is 0 Å². The van der Waals surface area contributed by atoms with Crippen molar-refractivity contribution in [2.45, 2.75) is 39.5 Å². The summed E-state index contributed by atoms with van der Waals surface area (Å²) in [4.78, 5) is 24.1. The number of aryl methyl sites for hydroxylation is 2. The van der Waals surface area contributed by atoms with Crippen molar-refractivity contribution in [1.82, 2.24) is 0 Å². The van der Waals surface area contributed by atoms with Crippen molar-refractivity contribution < 1.29 is 14.3 Å². The predicted molar refractivity (Wildman–Crippen MR) is 99.8 cm³/mol. The molecular weight excluding hydrogens is 314 g/mol. The number of esters is 1. The molecule has 4 heteroatoms. The Morgan fingerprint density at radius 3 is 2.56 bits per heavy atom. The molecule has 25 heavy (non-hydrogen) atoms. The van der Waals surface area contributed by atoms with E-state index in [-0.39, 0.29) is 11.9 Å². The maximum Gasteiger partial charge on any atom is 0.338 e. The fourth-order valence-electron chi connectivity index (χ4n) is 2.35. The van der Waals surface area contributed by atoms with Crippen LogP contribution >= 0.6 is 0 Å². The maximum absolute atomic E-state index is 12.1. The molecule has 0 fully saturated rings. The van der Waals surface area contributed by atoms with E-state index in [4.69, 9.17) is 4.74 Å². The predicted octanol–water partition coefficient (Wildman–Crippen LogP) is 4.52. The van der Waals surface area contributed by atoms with Gasteiger partial charge in [-0.3, -0.25) is 4.79 Å². The first-order valence-electron chi connectivity index (χ1n) is 8.71. The maximum atomic E-state index is 12.1. The van der Waals surface area contributed by atoms with Gasteiger partial charge >= 0.3 is 5.97 Å². The molecular formula is C21H25NO3. The van der Waals surface area contributed by atoms with Crippen LogP contribution in [0.4, 0.5) is 5.69 Å². The van der Waals surface area contributed by atoms with E-state index in [2.05, 4.69) is 5.32 Å². The van der Waals surface area contributed by atoms with E-state index >= 15 is 0 Å². The molecule has 0 aliphatic carbocycles. The average Bonchev–Trinajstić information content (AvgIpc) is 2.61. The van der Waals surface area contributed by atoms with Crippen molar-refractivity contribution in [3.63, 3.8) is 0 Å². The normalized spacial score (nSPS) is 10.3. The minimum Gasteiger partial charge on any atom is -0.462 e. The van der Waals surface area contributed by atoms with Crippen molar-refractivity contribution in [3.8, 4) is 0 Å². The van der Waals surface area contributed by atoms with Gasteiger partial charge < -0.3 is 10.1 Å². The molecule has 0 atom stereocenters. The minimum atomic E-state index is -0.357. The summed E-state index contributed by atoms with van der Waals surface area (Å²) in [5.74, 6) is -0.429. The highest BCUT2D eigenvalue weighted by Crippen LogP contribution is 2.13. The van der Waals surface area contributed by atoms with Crippen LogP contribution in [0.2, 0.25) is 0 Å². The van der Waals surface area contributed by atoms with Gasteiger partial charge in [0, 0.05) is 12.1 Å². The molecule has 0 radical (unpaired) electrons. The van der Waals surface area contributed by atoms with Crippen LogP contribution in [0.3, 0.4) is 0 Å². The van der Waals surface area contributed by atoms with Gasteiger partial charge in [-0.15, -0.1) is 0 Å². The van der Waals surface area contributed by atoms with Gasteiger partial charge in [0.2, 0.25) is 5.91 Å². The highest BCUT2D eigenvalue weighted by Gasteiger charge is 2.09. The van der Waals surface area contributed by atoms with E-state index < -0.39 is 0 Å². The monoisotopic (exact) mass is 339 g/mol. The molecule has 0 aliphatic rings. The molecule has 2 aromatic rings. The first-order chi connectivity index (χ1) is 12.1. The lowest BCUT2D eigenvalue weighted by Crippen LogP contribution is -2.13. The number of carbonyl (C=O) groups excluding carboxylic acids is 2.